The molecule has 1 aromatic carbocycles. The van der Waals surface area contributed by atoms with Gasteiger partial charge in [0.15, 0.2) is 0 Å². The predicted octanol–water partition coefficient (Wildman–Crippen LogP) is 5.43. The lowest BCUT2D eigenvalue weighted by Crippen LogP contribution is -2.33. The first-order valence-corrected chi connectivity index (χ1v) is 9.36. The van der Waals surface area contributed by atoms with Crippen molar-refractivity contribution in [1.82, 2.24) is 5.32 Å². The monoisotopic (exact) mass is 415 g/mol. The number of hydrogen-bond acceptors (Lipinski definition) is 2. The fourth-order valence-corrected chi connectivity index (χ4v) is 4.23. The van der Waals surface area contributed by atoms with E-state index in [-0.39, 0.29) is 0 Å². The van der Waals surface area contributed by atoms with Gasteiger partial charge < -0.3 is 5.32 Å². The molecule has 1 nitrogen and oxygen atoms in total. The lowest BCUT2D eigenvalue weighted by Gasteiger charge is -2.19. The Morgan fingerprint density at radius 1 is 1.10 bits per heavy atom. The summed E-state index contributed by atoms with van der Waals surface area (Å²) in [5.41, 5.74) is 1.37. The molecule has 0 aliphatic rings. The quantitative estimate of drug-likeness (QED) is 0.634. The van der Waals surface area contributed by atoms with Crippen LogP contribution in [0.4, 0.5) is 0 Å². The molecule has 1 heterocycles. The average molecular weight is 417 g/mol. The molecule has 4 heteroatoms. The zero-order valence-corrected chi connectivity index (χ0v) is 15.5. The van der Waals surface area contributed by atoms with Gasteiger partial charge in [-0.25, -0.2) is 0 Å². The Bertz CT molecular complexity index is 539. The second-order valence-corrected chi connectivity index (χ2v) is 7.55. The normalized spacial score (nSPS) is 12.6. The largest absolute Gasteiger partial charge is 0.313 e. The molecule has 0 spiro atoms. The maximum atomic E-state index is 3.68. The van der Waals surface area contributed by atoms with Crippen LogP contribution in [0, 0.1) is 0 Å². The van der Waals surface area contributed by atoms with Crippen LogP contribution in [0.1, 0.15) is 23.8 Å². The van der Waals surface area contributed by atoms with Crippen molar-refractivity contribution in [2.75, 3.05) is 6.54 Å². The summed E-state index contributed by atoms with van der Waals surface area (Å²) in [6.45, 7) is 3.28. The van der Waals surface area contributed by atoms with Crippen LogP contribution in [-0.2, 0) is 12.8 Å². The molecule has 0 saturated heterocycles. The Morgan fingerprint density at radius 3 is 2.55 bits per heavy atom. The van der Waals surface area contributed by atoms with E-state index >= 15 is 0 Å². The second-order valence-electron chi connectivity index (χ2n) is 4.84. The van der Waals surface area contributed by atoms with Crippen molar-refractivity contribution in [3.05, 3.63) is 55.1 Å². The summed E-state index contributed by atoms with van der Waals surface area (Å²) in [7, 11) is 0. The number of thiophene rings is 1. The fourth-order valence-electron chi connectivity index (χ4n) is 2.19. The lowest BCUT2D eigenvalue weighted by atomic mass is 10.0. The van der Waals surface area contributed by atoms with E-state index in [2.05, 4.69) is 79.8 Å². The molecule has 1 aromatic heterocycles. The number of hydrogen-bond donors (Lipinski definition) is 1. The second kappa shape index (κ2) is 8.32. The molecule has 0 bridgehead atoms. The molecule has 0 saturated carbocycles. The Morgan fingerprint density at radius 2 is 1.90 bits per heavy atom. The van der Waals surface area contributed by atoms with Gasteiger partial charge in [-0.15, -0.1) is 11.3 Å². The third-order valence-electron chi connectivity index (χ3n) is 3.23. The van der Waals surface area contributed by atoms with Gasteiger partial charge in [-0.05, 0) is 64.8 Å². The first-order valence-electron chi connectivity index (χ1n) is 6.89. The minimum Gasteiger partial charge on any atom is -0.313 e. The van der Waals surface area contributed by atoms with Crippen LogP contribution in [0.25, 0.3) is 0 Å². The first-order chi connectivity index (χ1) is 9.70. The standard InChI is InChI=1S/C16H19Br2NS/c1-2-8-19-13(11-16-15(18)7-9-20-16)10-12-5-3-4-6-14(12)17/h3-7,9,13,19H,2,8,10-11H2,1H3. The van der Waals surface area contributed by atoms with Gasteiger partial charge in [0.05, 0.1) is 0 Å². The maximum absolute atomic E-state index is 3.68. The number of nitrogens with one attached hydrogen (secondary N) is 1. The average Bonchev–Trinajstić information content (AvgIpc) is 2.84. The molecule has 20 heavy (non-hydrogen) atoms. The van der Waals surface area contributed by atoms with E-state index in [1.807, 2.05) is 11.3 Å². The number of rotatable bonds is 7. The van der Waals surface area contributed by atoms with E-state index in [0.29, 0.717) is 6.04 Å². The molecule has 1 unspecified atom stereocenters. The zero-order chi connectivity index (χ0) is 14.4. The highest BCUT2D eigenvalue weighted by molar-refractivity contribution is 9.10. The van der Waals surface area contributed by atoms with E-state index in [9.17, 15) is 0 Å². The van der Waals surface area contributed by atoms with Crippen LogP contribution in [-0.4, -0.2) is 12.6 Å². The van der Waals surface area contributed by atoms with Crippen LogP contribution >= 0.6 is 43.2 Å². The van der Waals surface area contributed by atoms with Crippen molar-refractivity contribution < 1.29 is 0 Å². The smallest absolute Gasteiger partial charge is 0.0314 e. The SMILES string of the molecule is CCCNC(Cc1ccccc1Br)Cc1sccc1Br. The Hall–Kier alpha value is -0.160. The van der Waals surface area contributed by atoms with Gasteiger partial charge in [-0.2, -0.15) is 0 Å². The molecule has 1 N–H and O–H groups in total. The summed E-state index contributed by atoms with van der Waals surface area (Å²) in [4.78, 5) is 1.42. The van der Waals surface area contributed by atoms with Crippen LogP contribution in [0.2, 0.25) is 0 Å². The Kier molecular flexibility index (Phi) is 6.75. The van der Waals surface area contributed by atoms with Crippen molar-refractivity contribution >= 4 is 43.2 Å². The van der Waals surface area contributed by atoms with Crippen molar-refractivity contribution in [3.8, 4) is 0 Å². The summed E-state index contributed by atoms with van der Waals surface area (Å²) in [6.07, 6.45) is 3.28. The molecular formula is C16H19Br2NS. The molecule has 2 rings (SSSR count). The summed E-state index contributed by atoms with van der Waals surface area (Å²) in [5, 5.41) is 5.82. The molecule has 1 atom stereocenters. The van der Waals surface area contributed by atoms with Gasteiger partial charge in [0, 0.05) is 19.9 Å². The van der Waals surface area contributed by atoms with Crippen LogP contribution in [0.15, 0.2) is 44.7 Å². The number of halogens is 2. The topological polar surface area (TPSA) is 12.0 Å². The molecule has 108 valence electrons. The van der Waals surface area contributed by atoms with E-state index < -0.39 is 0 Å². The van der Waals surface area contributed by atoms with Crippen molar-refractivity contribution in [3.63, 3.8) is 0 Å². The highest BCUT2D eigenvalue weighted by Gasteiger charge is 2.14. The molecule has 0 fully saturated rings. The first kappa shape index (κ1) is 16.2. The van der Waals surface area contributed by atoms with Crippen LogP contribution < -0.4 is 5.32 Å². The van der Waals surface area contributed by atoms with Crippen molar-refractivity contribution in [2.24, 2.45) is 0 Å². The highest BCUT2D eigenvalue weighted by atomic mass is 79.9. The fraction of sp³-hybridized carbons (Fsp3) is 0.375. The summed E-state index contributed by atoms with van der Waals surface area (Å²) < 4.78 is 2.44. The molecular weight excluding hydrogens is 398 g/mol. The van der Waals surface area contributed by atoms with Crippen molar-refractivity contribution in [1.29, 1.82) is 0 Å². The van der Waals surface area contributed by atoms with E-state index in [4.69, 9.17) is 0 Å². The van der Waals surface area contributed by atoms with Gasteiger partial charge in [0.2, 0.25) is 0 Å². The zero-order valence-electron chi connectivity index (χ0n) is 11.5. The van der Waals surface area contributed by atoms with Crippen molar-refractivity contribution in [2.45, 2.75) is 32.2 Å². The molecule has 2 aromatic rings. The Balaban J connectivity index is 2.07. The molecule has 0 amide bonds. The maximum Gasteiger partial charge on any atom is 0.0314 e. The predicted molar refractivity (Wildman–Crippen MR) is 95.7 cm³/mol. The van der Waals surface area contributed by atoms with Gasteiger partial charge in [-0.3, -0.25) is 0 Å². The summed E-state index contributed by atoms with van der Waals surface area (Å²) >= 11 is 9.11. The van der Waals surface area contributed by atoms with Gasteiger partial charge in [-0.1, -0.05) is 41.1 Å². The van der Waals surface area contributed by atoms with E-state index in [0.717, 1.165) is 25.8 Å². The highest BCUT2D eigenvalue weighted by Crippen LogP contribution is 2.25. The van der Waals surface area contributed by atoms with Crippen LogP contribution in [0.3, 0.4) is 0 Å². The Labute approximate surface area is 142 Å². The molecule has 0 aliphatic heterocycles. The third kappa shape index (κ3) is 4.69. The minimum absolute atomic E-state index is 0.476. The van der Waals surface area contributed by atoms with Crippen LogP contribution in [0.5, 0.6) is 0 Å². The summed E-state index contributed by atoms with van der Waals surface area (Å²) in [6, 6.07) is 11.1. The lowest BCUT2D eigenvalue weighted by molar-refractivity contribution is 0.506. The van der Waals surface area contributed by atoms with Gasteiger partial charge in [0.1, 0.15) is 0 Å². The minimum atomic E-state index is 0.476. The van der Waals surface area contributed by atoms with E-state index in [1.54, 1.807) is 0 Å². The third-order valence-corrected chi connectivity index (χ3v) is 5.95. The molecule has 0 aliphatic carbocycles. The summed E-state index contributed by atoms with van der Waals surface area (Å²) in [5.74, 6) is 0. The van der Waals surface area contributed by atoms with E-state index in [1.165, 1.54) is 19.4 Å². The molecule has 0 radical (unpaired) electrons. The van der Waals surface area contributed by atoms with Gasteiger partial charge in [0.25, 0.3) is 0 Å². The number of benzene rings is 1. The van der Waals surface area contributed by atoms with Gasteiger partial charge >= 0.3 is 0 Å².